The van der Waals surface area contributed by atoms with Crippen LogP contribution in [0, 0.1) is 15.9 Å². The summed E-state index contributed by atoms with van der Waals surface area (Å²) in [6.07, 6.45) is 1.63. The van der Waals surface area contributed by atoms with Crippen LogP contribution in [0.2, 0.25) is 0 Å². The smallest absolute Gasteiger partial charge is 0.292 e. The van der Waals surface area contributed by atoms with Crippen LogP contribution in [-0.4, -0.2) is 20.6 Å². The van der Waals surface area contributed by atoms with E-state index in [1.54, 1.807) is 36.5 Å². The Morgan fingerprint density at radius 2 is 1.91 bits per heavy atom. The Bertz CT molecular complexity index is 1250. The van der Waals surface area contributed by atoms with Crippen molar-refractivity contribution in [3.63, 3.8) is 0 Å². The van der Waals surface area contributed by atoms with Crippen LogP contribution in [0.25, 0.3) is 0 Å². The van der Waals surface area contributed by atoms with Gasteiger partial charge in [0.25, 0.3) is 11.6 Å². The van der Waals surface area contributed by atoms with E-state index in [0.717, 1.165) is 0 Å². The number of nitro groups is 1. The molecule has 2 aromatic heterocycles. The maximum atomic E-state index is 13.8. The van der Waals surface area contributed by atoms with Crippen molar-refractivity contribution in [1.82, 2.24) is 9.78 Å². The second-order valence-corrected chi connectivity index (χ2v) is 6.75. The first-order valence-corrected chi connectivity index (χ1v) is 9.52. The maximum Gasteiger partial charge on any atom is 0.292 e. The normalized spacial score (nSPS) is 10.7. The molecule has 32 heavy (non-hydrogen) atoms. The summed E-state index contributed by atoms with van der Waals surface area (Å²) in [5.74, 6) is 0.370. The molecule has 0 aliphatic rings. The first-order chi connectivity index (χ1) is 15.5. The molecule has 2 aromatic carbocycles. The number of ether oxygens (including phenoxy) is 1. The van der Waals surface area contributed by atoms with Gasteiger partial charge < -0.3 is 14.5 Å². The molecule has 4 aromatic rings. The van der Waals surface area contributed by atoms with Crippen LogP contribution in [-0.2, 0) is 13.2 Å². The Hall–Kier alpha value is -4.47. The number of carbonyl (C=O) groups is 1. The number of anilines is 1. The highest BCUT2D eigenvalue weighted by Crippen LogP contribution is 2.19. The number of furan rings is 1. The van der Waals surface area contributed by atoms with Crippen LogP contribution in [0.3, 0.4) is 0 Å². The van der Waals surface area contributed by atoms with Gasteiger partial charge in [-0.25, -0.2) is 4.39 Å². The van der Waals surface area contributed by atoms with E-state index >= 15 is 0 Å². The molecular formula is C22H17FN4O5. The number of benzene rings is 2. The van der Waals surface area contributed by atoms with E-state index in [1.165, 1.54) is 41.1 Å². The number of amides is 1. The molecule has 1 N–H and O–H groups in total. The van der Waals surface area contributed by atoms with Gasteiger partial charge in [0.05, 0.1) is 11.5 Å². The minimum Gasteiger partial charge on any atom is -0.486 e. The molecule has 0 fully saturated rings. The molecule has 1 amide bonds. The summed E-state index contributed by atoms with van der Waals surface area (Å²) in [7, 11) is 0. The Kier molecular flexibility index (Phi) is 5.93. The molecule has 2 heterocycles. The van der Waals surface area contributed by atoms with E-state index in [9.17, 15) is 19.3 Å². The van der Waals surface area contributed by atoms with Crippen molar-refractivity contribution in [3.05, 3.63) is 106 Å². The van der Waals surface area contributed by atoms with Crippen molar-refractivity contribution < 1.29 is 23.3 Å². The van der Waals surface area contributed by atoms with Crippen molar-refractivity contribution >= 4 is 17.4 Å². The number of halogens is 1. The van der Waals surface area contributed by atoms with Crippen LogP contribution in [0.15, 0.2) is 77.3 Å². The third-order valence-corrected chi connectivity index (χ3v) is 4.49. The molecule has 0 bridgehead atoms. The number of nitrogens with zero attached hydrogens (tertiary/aromatic N) is 3. The van der Waals surface area contributed by atoms with Gasteiger partial charge in [-0.2, -0.15) is 5.10 Å². The zero-order valence-corrected chi connectivity index (χ0v) is 16.6. The lowest BCUT2D eigenvalue weighted by Gasteiger charge is -2.04. The number of hydrogen-bond acceptors (Lipinski definition) is 6. The highest BCUT2D eigenvalue weighted by Gasteiger charge is 2.14. The lowest BCUT2D eigenvalue weighted by atomic mass is 10.2. The number of non-ortho nitro benzene ring substituents is 1. The van der Waals surface area contributed by atoms with Gasteiger partial charge in [0.1, 0.15) is 23.9 Å². The molecule has 0 saturated heterocycles. The quantitative estimate of drug-likeness (QED) is 0.324. The molecule has 0 aliphatic carbocycles. The molecule has 0 saturated carbocycles. The summed E-state index contributed by atoms with van der Waals surface area (Å²) in [6, 6.07) is 16.7. The minimum absolute atomic E-state index is 0.0364. The van der Waals surface area contributed by atoms with Crippen molar-refractivity contribution in [2.75, 3.05) is 5.32 Å². The number of nitro benzene ring substituents is 1. The van der Waals surface area contributed by atoms with Gasteiger partial charge >= 0.3 is 0 Å². The Labute approximate surface area is 181 Å². The zero-order valence-electron chi connectivity index (χ0n) is 16.6. The second kappa shape index (κ2) is 9.13. The third-order valence-electron chi connectivity index (χ3n) is 4.49. The Morgan fingerprint density at radius 1 is 1.12 bits per heavy atom. The standard InChI is InChI=1S/C22H17FN4O5/c23-19-4-2-1-3-15(19)13-26-12-11-21(25-26)24-22(28)20-10-9-18(32-20)14-31-17-7-5-16(6-8-17)27(29)30/h1-12H,13-14H2,(H,24,25,28). The van der Waals surface area contributed by atoms with Gasteiger partial charge in [-0.3, -0.25) is 19.6 Å². The summed E-state index contributed by atoms with van der Waals surface area (Å²) >= 11 is 0. The average molecular weight is 436 g/mol. The van der Waals surface area contributed by atoms with Gasteiger partial charge in [0.15, 0.2) is 11.6 Å². The monoisotopic (exact) mass is 436 g/mol. The Morgan fingerprint density at radius 3 is 2.66 bits per heavy atom. The predicted molar refractivity (Wildman–Crippen MR) is 112 cm³/mol. The van der Waals surface area contributed by atoms with Crippen molar-refractivity contribution in [2.24, 2.45) is 0 Å². The van der Waals surface area contributed by atoms with Crippen LogP contribution in [0.1, 0.15) is 21.9 Å². The number of hydrogen-bond donors (Lipinski definition) is 1. The largest absolute Gasteiger partial charge is 0.486 e. The number of rotatable bonds is 8. The number of aromatic nitrogens is 2. The molecule has 0 unspecified atom stereocenters. The SMILES string of the molecule is O=C(Nc1ccn(Cc2ccccc2F)n1)c1ccc(COc2ccc([N+](=O)[O-])cc2)o1. The van der Waals surface area contributed by atoms with E-state index < -0.39 is 10.8 Å². The molecule has 0 radical (unpaired) electrons. The molecule has 0 spiro atoms. The zero-order chi connectivity index (χ0) is 22.5. The van der Waals surface area contributed by atoms with Gasteiger partial charge in [-0.05, 0) is 30.3 Å². The molecule has 10 heteroatoms. The van der Waals surface area contributed by atoms with Crippen LogP contribution in [0.4, 0.5) is 15.9 Å². The lowest BCUT2D eigenvalue weighted by Crippen LogP contribution is -2.12. The molecule has 0 atom stereocenters. The van der Waals surface area contributed by atoms with Gasteiger partial charge in [-0.15, -0.1) is 0 Å². The maximum absolute atomic E-state index is 13.8. The summed E-state index contributed by atoms with van der Waals surface area (Å²) in [6.45, 7) is 0.274. The van der Waals surface area contributed by atoms with Gasteiger partial charge in [-0.1, -0.05) is 18.2 Å². The first-order valence-electron chi connectivity index (χ1n) is 9.52. The summed E-state index contributed by atoms with van der Waals surface area (Å²) in [4.78, 5) is 22.6. The van der Waals surface area contributed by atoms with Crippen LogP contribution in [0.5, 0.6) is 5.75 Å². The molecule has 162 valence electrons. The molecule has 9 nitrogen and oxygen atoms in total. The van der Waals surface area contributed by atoms with Crippen LogP contribution < -0.4 is 10.1 Å². The average Bonchev–Trinajstić information content (AvgIpc) is 3.44. The van der Waals surface area contributed by atoms with Crippen molar-refractivity contribution in [1.29, 1.82) is 0 Å². The summed E-state index contributed by atoms with van der Waals surface area (Å²) < 4.78 is 26.3. The number of carbonyl (C=O) groups excluding carboxylic acids is 1. The predicted octanol–water partition coefficient (Wildman–Crippen LogP) is 4.40. The lowest BCUT2D eigenvalue weighted by molar-refractivity contribution is -0.384. The van der Waals surface area contributed by atoms with Gasteiger partial charge in [0.2, 0.25) is 0 Å². The van der Waals surface area contributed by atoms with Gasteiger partial charge in [0, 0.05) is 30.0 Å². The third kappa shape index (κ3) is 4.98. The number of nitrogens with one attached hydrogen (secondary N) is 1. The topological polar surface area (TPSA) is 112 Å². The van der Waals surface area contributed by atoms with Crippen molar-refractivity contribution in [2.45, 2.75) is 13.2 Å². The van der Waals surface area contributed by atoms with Crippen molar-refractivity contribution in [3.8, 4) is 5.75 Å². The fourth-order valence-corrected chi connectivity index (χ4v) is 2.89. The minimum atomic E-state index is -0.497. The van der Waals surface area contributed by atoms with E-state index in [1.807, 2.05) is 0 Å². The highest BCUT2D eigenvalue weighted by molar-refractivity contribution is 6.01. The fourth-order valence-electron chi connectivity index (χ4n) is 2.89. The summed E-state index contributed by atoms with van der Waals surface area (Å²) in [5.41, 5.74) is 0.447. The molecule has 4 rings (SSSR count). The van der Waals surface area contributed by atoms with E-state index in [4.69, 9.17) is 9.15 Å². The molecular weight excluding hydrogens is 419 g/mol. The summed E-state index contributed by atoms with van der Waals surface area (Å²) in [5, 5.41) is 17.5. The first kappa shape index (κ1) is 20.8. The Balaban J connectivity index is 1.32. The second-order valence-electron chi connectivity index (χ2n) is 6.75. The molecule has 0 aliphatic heterocycles. The fraction of sp³-hybridized carbons (Fsp3) is 0.0909. The van der Waals surface area contributed by atoms with E-state index in [2.05, 4.69) is 10.4 Å². The van der Waals surface area contributed by atoms with E-state index in [0.29, 0.717) is 22.9 Å². The van der Waals surface area contributed by atoms with Crippen LogP contribution >= 0.6 is 0 Å². The highest BCUT2D eigenvalue weighted by atomic mass is 19.1. The van der Waals surface area contributed by atoms with E-state index in [-0.39, 0.29) is 30.4 Å².